The number of para-hydroxylation sites is 1. The van der Waals surface area contributed by atoms with Gasteiger partial charge in [-0.15, -0.1) is 0 Å². The van der Waals surface area contributed by atoms with Gasteiger partial charge in [-0.1, -0.05) is 67.8 Å². The molecule has 0 fully saturated rings. The van der Waals surface area contributed by atoms with E-state index in [0.29, 0.717) is 0 Å². The number of benzene rings is 3. The molecule has 4 aromatic rings. The van der Waals surface area contributed by atoms with E-state index in [0.717, 1.165) is 39.6 Å². The van der Waals surface area contributed by atoms with E-state index in [2.05, 4.69) is 54.1 Å². The van der Waals surface area contributed by atoms with Crippen molar-refractivity contribution in [3.05, 3.63) is 103 Å². The first-order chi connectivity index (χ1) is 13.7. The molecule has 0 bridgehead atoms. The highest BCUT2D eigenvalue weighted by atomic mass is 16.3. The summed E-state index contributed by atoms with van der Waals surface area (Å²) in [6.45, 7) is 7.86. The normalized spacial score (nSPS) is 10.6. The average molecular weight is 364 g/mol. The molecular weight excluding hydrogens is 344 g/mol. The standard InChI is InChI=1S/C25H20N2O/c1-3-23-24(4-2)27(21-8-6-5-7-9-21)25(26-23)20-12-10-18(11-13-20)19-14-16-22(28)17-15-19/h3-17,28H,1-2H2. The van der Waals surface area contributed by atoms with E-state index in [-0.39, 0.29) is 5.75 Å². The van der Waals surface area contributed by atoms with Crippen molar-refractivity contribution in [2.24, 2.45) is 0 Å². The Hall–Kier alpha value is -3.85. The van der Waals surface area contributed by atoms with Crippen LogP contribution in [0, 0.1) is 0 Å². The first kappa shape index (κ1) is 17.6. The van der Waals surface area contributed by atoms with Crippen LogP contribution in [0.5, 0.6) is 5.75 Å². The Morgan fingerprint density at radius 2 is 1.29 bits per heavy atom. The molecule has 3 nitrogen and oxygen atoms in total. The molecule has 28 heavy (non-hydrogen) atoms. The molecule has 136 valence electrons. The van der Waals surface area contributed by atoms with Gasteiger partial charge in [-0.05, 0) is 47.5 Å². The van der Waals surface area contributed by atoms with Crippen LogP contribution in [-0.4, -0.2) is 14.7 Å². The van der Waals surface area contributed by atoms with Gasteiger partial charge in [-0.2, -0.15) is 0 Å². The first-order valence-corrected chi connectivity index (χ1v) is 9.04. The number of hydrogen-bond donors (Lipinski definition) is 1. The van der Waals surface area contributed by atoms with Crippen LogP contribution in [0.2, 0.25) is 0 Å². The molecule has 4 rings (SSSR count). The zero-order valence-electron chi connectivity index (χ0n) is 15.4. The van der Waals surface area contributed by atoms with Crippen molar-refractivity contribution in [1.29, 1.82) is 0 Å². The second-order valence-electron chi connectivity index (χ2n) is 6.41. The fourth-order valence-corrected chi connectivity index (χ4v) is 3.29. The minimum Gasteiger partial charge on any atom is -0.508 e. The number of rotatable bonds is 5. The Morgan fingerprint density at radius 3 is 1.86 bits per heavy atom. The molecule has 0 spiro atoms. The van der Waals surface area contributed by atoms with Crippen LogP contribution >= 0.6 is 0 Å². The highest BCUT2D eigenvalue weighted by Gasteiger charge is 2.16. The quantitative estimate of drug-likeness (QED) is 0.458. The Balaban J connectivity index is 1.83. The molecule has 3 heteroatoms. The largest absolute Gasteiger partial charge is 0.508 e. The molecule has 0 saturated carbocycles. The molecule has 1 N–H and O–H groups in total. The van der Waals surface area contributed by atoms with E-state index < -0.39 is 0 Å². The van der Waals surface area contributed by atoms with E-state index >= 15 is 0 Å². The van der Waals surface area contributed by atoms with E-state index in [9.17, 15) is 5.11 Å². The number of aromatic nitrogens is 2. The predicted molar refractivity (Wildman–Crippen MR) is 116 cm³/mol. The van der Waals surface area contributed by atoms with Gasteiger partial charge in [0, 0.05) is 11.3 Å². The molecule has 0 aliphatic rings. The number of aromatic hydroxyl groups is 1. The third kappa shape index (κ3) is 3.14. The highest BCUT2D eigenvalue weighted by molar-refractivity contribution is 5.72. The van der Waals surface area contributed by atoms with E-state index in [1.54, 1.807) is 18.2 Å². The second kappa shape index (κ2) is 7.41. The summed E-state index contributed by atoms with van der Waals surface area (Å²) in [6, 6.07) is 25.5. The Bertz CT molecular complexity index is 1120. The summed E-state index contributed by atoms with van der Waals surface area (Å²) >= 11 is 0. The summed E-state index contributed by atoms with van der Waals surface area (Å²) in [7, 11) is 0. The van der Waals surface area contributed by atoms with Crippen molar-refractivity contribution in [3.8, 4) is 34.0 Å². The number of imidazole rings is 1. The summed E-state index contributed by atoms with van der Waals surface area (Å²) in [6.07, 6.45) is 3.57. The molecule has 0 radical (unpaired) electrons. The maximum absolute atomic E-state index is 9.48. The van der Waals surface area contributed by atoms with Crippen molar-refractivity contribution in [2.75, 3.05) is 0 Å². The van der Waals surface area contributed by atoms with Gasteiger partial charge in [-0.3, -0.25) is 4.57 Å². The van der Waals surface area contributed by atoms with Crippen LogP contribution in [0.1, 0.15) is 11.4 Å². The Kier molecular flexibility index (Phi) is 4.65. The molecule has 1 aromatic heterocycles. The number of phenols is 1. The lowest BCUT2D eigenvalue weighted by molar-refractivity contribution is 0.475. The van der Waals surface area contributed by atoms with Crippen LogP contribution in [0.4, 0.5) is 0 Å². The third-order valence-electron chi connectivity index (χ3n) is 4.69. The maximum Gasteiger partial charge on any atom is 0.145 e. The van der Waals surface area contributed by atoms with E-state index in [1.807, 2.05) is 36.4 Å². The van der Waals surface area contributed by atoms with E-state index in [4.69, 9.17) is 4.98 Å². The Labute approximate surface area is 164 Å². The van der Waals surface area contributed by atoms with Gasteiger partial charge >= 0.3 is 0 Å². The summed E-state index contributed by atoms with van der Waals surface area (Å²) < 4.78 is 2.10. The van der Waals surface area contributed by atoms with Gasteiger partial charge in [0.1, 0.15) is 11.6 Å². The lowest BCUT2D eigenvalue weighted by Gasteiger charge is -2.11. The zero-order chi connectivity index (χ0) is 19.5. The summed E-state index contributed by atoms with van der Waals surface area (Å²) in [4.78, 5) is 4.80. The highest BCUT2D eigenvalue weighted by Crippen LogP contribution is 2.30. The van der Waals surface area contributed by atoms with Crippen molar-refractivity contribution in [3.63, 3.8) is 0 Å². The average Bonchev–Trinajstić information content (AvgIpc) is 3.14. The third-order valence-corrected chi connectivity index (χ3v) is 4.69. The van der Waals surface area contributed by atoms with Gasteiger partial charge in [0.25, 0.3) is 0 Å². The fraction of sp³-hybridized carbons (Fsp3) is 0. The minimum atomic E-state index is 0.263. The first-order valence-electron chi connectivity index (χ1n) is 9.04. The summed E-state index contributed by atoms with van der Waals surface area (Å²) in [5.74, 6) is 1.10. The maximum atomic E-state index is 9.48. The molecule has 0 atom stereocenters. The SMILES string of the molecule is C=Cc1nc(-c2ccc(-c3ccc(O)cc3)cc2)n(-c2ccccc2)c1C=C. The number of hydrogen-bond acceptors (Lipinski definition) is 2. The molecule has 0 amide bonds. The van der Waals surface area contributed by atoms with Crippen LogP contribution in [-0.2, 0) is 0 Å². The van der Waals surface area contributed by atoms with Crippen LogP contribution < -0.4 is 0 Å². The van der Waals surface area contributed by atoms with Crippen molar-refractivity contribution < 1.29 is 5.11 Å². The summed E-state index contributed by atoms with van der Waals surface area (Å²) in [5.41, 5.74) is 5.87. The number of phenolic OH excluding ortho intramolecular Hbond substituents is 1. The molecule has 0 unspecified atom stereocenters. The molecule has 1 heterocycles. The lowest BCUT2D eigenvalue weighted by Crippen LogP contribution is -1.99. The second-order valence-corrected chi connectivity index (χ2v) is 6.41. The van der Waals surface area contributed by atoms with Crippen LogP contribution in [0.15, 0.2) is 92.0 Å². The van der Waals surface area contributed by atoms with Gasteiger partial charge in [0.05, 0.1) is 11.4 Å². The minimum absolute atomic E-state index is 0.263. The summed E-state index contributed by atoms with van der Waals surface area (Å²) in [5, 5.41) is 9.48. The molecule has 0 saturated heterocycles. The smallest absolute Gasteiger partial charge is 0.145 e. The van der Waals surface area contributed by atoms with Crippen LogP contribution in [0.25, 0.3) is 40.4 Å². The molecular formula is C25H20N2O. The van der Waals surface area contributed by atoms with Gasteiger partial charge in [-0.25, -0.2) is 4.98 Å². The topological polar surface area (TPSA) is 38.1 Å². The molecule has 3 aromatic carbocycles. The Morgan fingerprint density at radius 1 is 0.714 bits per heavy atom. The van der Waals surface area contributed by atoms with Crippen molar-refractivity contribution in [2.45, 2.75) is 0 Å². The molecule has 0 aliphatic heterocycles. The van der Waals surface area contributed by atoms with Gasteiger partial charge < -0.3 is 5.11 Å². The van der Waals surface area contributed by atoms with Crippen LogP contribution in [0.3, 0.4) is 0 Å². The van der Waals surface area contributed by atoms with Crippen molar-refractivity contribution >= 4 is 12.2 Å². The number of nitrogens with zero attached hydrogens (tertiary/aromatic N) is 2. The monoisotopic (exact) mass is 364 g/mol. The lowest BCUT2D eigenvalue weighted by atomic mass is 10.0. The zero-order valence-corrected chi connectivity index (χ0v) is 15.4. The molecule has 0 aliphatic carbocycles. The fourth-order valence-electron chi connectivity index (χ4n) is 3.29. The van der Waals surface area contributed by atoms with E-state index in [1.165, 1.54) is 0 Å². The van der Waals surface area contributed by atoms with Gasteiger partial charge in [0.2, 0.25) is 0 Å². The van der Waals surface area contributed by atoms with Gasteiger partial charge in [0.15, 0.2) is 0 Å². The van der Waals surface area contributed by atoms with Crippen molar-refractivity contribution in [1.82, 2.24) is 9.55 Å². The predicted octanol–water partition coefficient (Wildman–Crippen LogP) is 6.20.